The molecule has 0 amide bonds. The number of aryl methyl sites for hydroxylation is 1. The number of nitrogens with zero attached hydrogens (tertiary/aromatic N) is 1. The van der Waals surface area contributed by atoms with E-state index in [-0.39, 0.29) is 16.2 Å². The number of hydrogen-bond acceptors (Lipinski definition) is 1. The molecule has 0 saturated heterocycles. The highest BCUT2D eigenvalue weighted by Crippen LogP contribution is 2.62. The summed E-state index contributed by atoms with van der Waals surface area (Å²) < 4.78 is 0. The van der Waals surface area contributed by atoms with Crippen LogP contribution in [0.3, 0.4) is 0 Å². The van der Waals surface area contributed by atoms with Crippen LogP contribution in [0.5, 0.6) is 0 Å². The Hall–Kier alpha value is -7.22. The molecule has 1 heteroatoms. The van der Waals surface area contributed by atoms with E-state index in [1.807, 2.05) is 0 Å². The molecule has 63 heavy (non-hydrogen) atoms. The van der Waals surface area contributed by atoms with Crippen LogP contribution in [0.2, 0.25) is 0 Å². The Morgan fingerprint density at radius 3 is 1.71 bits per heavy atom. The third-order valence-electron chi connectivity index (χ3n) is 15.6. The van der Waals surface area contributed by atoms with Gasteiger partial charge in [0.25, 0.3) is 0 Å². The van der Waals surface area contributed by atoms with Gasteiger partial charge in [0.15, 0.2) is 0 Å². The Bertz CT molecular complexity index is 3350. The van der Waals surface area contributed by atoms with E-state index in [1.54, 1.807) is 0 Å². The van der Waals surface area contributed by atoms with Gasteiger partial charge < -0.3 is 4.90 Å². The summed E-state index contributed by atoms with van der Waals surface area (Å²) >= 11 is 0. The van der Waals surface area contributed by atoms with Crippen LogP contribution in [0, 0.1) is 0 Å². The van der Waals surface area contributed by atoms with Gasteiger partial charge in [-0.3, -0.25) is 0 Å². The molecule has 0 aliphatic heterocycles. The van der Waals surface area contributed by atoms with Crippen molar-refractivity contribution >= 4 is 17.1 Å². The van der Waals surface area contributed by atoms with Crippen molar-refractivity contribution in [2.24, 2.45) is 0 Å². The minimum absolute atomic E-state index is 0.174. The van der Waals surface area contributed by atoms with Crippen LogP contribution in [0.15, 0.2) is 206 Å². The van der Waals surface area contributed by atoms with Crippen molar-refractivity contribution in [2.75, 3.05) is 4.90 Å². The molecule has 0 bridgehead atoms. The predicted molar refractivity (Wildman–Crippen MR) is 262 cm³/mol. The maximum Gasteiger partial charge on any atom is 0.0543 e. The van der Waals surface area contributed by atoms with E-state index >= 15 is 0 Å². The molecule has 1 nitrogen and oxygen atoms in total. The molecule has 1 spiro atoms. The third-order valence-corrected chi connectivity index (χ3v) is 15.6. The van der Waals surface area contributed by atoms with Crippen molar-refractivity contribution in [1.29, 1.82) is 0 Å². The molecule has 2 atom stereocenters. The maximum atomic E-state index is 2.62. The van der Waals surface area contributed by atoms with Crippen molar-refractivity contribution in [2.45, 2.75) is 49.9 Å². The summed E-state index contributed by atoms with van der Waals surface area (Å²) in [6.07, 6.45) is 2.13. The fourth-order valence-corrected chi connectivity index (χ4v) is 12.8. The Balaban J connectivity index is 1.11. The summed E-state index contributed by atoms with van der Waals surface area (Å²) in [6.45, 7) is 7.24. The molecule has 9 aromatic carbocycles. The van der Waals surface area contributed by atoms with Gasteiger partial charge in [0.2, 0.25) is 0 Å². The summed E-state index contributed by atoms with van der Waals surface area (Å²) in [6, 6.07) is 78.3. The van der Waals surface area contributed by atoms with E-state index < -0.39 is 0 Å². The zero-order chi connectivity index (χ0) is 42.1. The second-order valence-electron chi connectivity index (χ2n) is 18.8. The topological polar surface area (TPSA) is 3.24 Å². The van der Waals surface area contributed by atoms with Crippen LogP contribution in [-0.2, 0) is 22.7 Å². The van der Waals surface area contributed by atoms with Crippen LogP contribution in [0.25, 0.3) is 44.5 Å². The molecule has 0 heterocycles. The Labute approximate surface area is 371 Å². The minimum Gasteiger partial charge on any atom is -0.309 e. The van der Waals surface area contributed by atoms with Crippen LogP contribution < -0.4 is 4.90 Å². The molecular weight excluding hydrogens is 759 g/mol. The molecule has 2 unspecified atom stereocenters. The van der Waals surface area contributed by atoms with Crippen molar-refractivity contribution in [3.63, 3.8) is 0 Å². The van der Waals surface area contributed by atoms with Gasteiger partial charge in [-0.2, -0.15) is 0 Å². The van der Waals surface area contributed by atoms with E-state index in [9.17, 15) is 0 Å². The van der Waals surface area contributed by atoms with Crippen LogP contribution in [0.4, 0.5) is 17.1 Å². The third kappa shape index (κ3) is 4.77. The van der Waals surface area contributed by atoms with Gasteiger partial charge >= 0.3 is 0 Å². The Morgan fingerprint density at radius 1 is 0.381 bits per heavy atom. The first-order valence-corrected chi connectivity index (χ1v) is 22.7. The number of rotatable bonds is 5. The number of anilines is 3. The first-order chi connectivity index (χ1) is 30.9. The van der Waals surface area contributed by atoms with Crippen molar-refractivity contribution < 1.29 is 0 Å². The van der Waals surface area contributed by atoms with Gasteiger partial charge in [0.05, 0.1) is 11.4 Å². The molecule has 9 aromatic rings. The normalized spacial score (nSPS) is 18.8. The van der Waals surface area contributed by atoms with Crippen LogP contribution in [-0.4, -0.2) is 0 Å². The van der Waals surface area contributed by atoms with Crippen molar-refractivity contribution in [1.82, 2.24) is 0 Å². The lowest BCUT2D eigenvalue weighted by Crippen LogP contribution is -2.24. The number of hydrogen-bond donors (Lipinski definition) is 0. The fourth-order valence-electron chi connectivity index (χ4n) is 12.8. The van der Waals surface area contributed by atoms with E-state index in [0.717, 1.165) is 12.8 Å². The minimum atomic E-state index is -0.332. The van der Waals surface area contributed by atoms with E-state index in [0.29, 0.717) is 0 Å². The van der Waals surface area contributed by atoms with Crippen molar-refractivity contribution in [3.05, 3.63) is 256 Å². The fraction of sp³-hybridized carbons (Fsp3) is 0.129. The summed E-state index contributed by atoms with van der Waals surface area (Å²) in [5, 5.41) is 0. The summed E-state index contributed by atoms with van der Waals surface area (Å²) in [7, 11) is 0. The van der Waals surface area contributed by atoms with Crippen LogP contribution >= 0.6 is 0 Å². The molecule has 300 valence electrons. The molecule has 4 aliphatic carbocycles. The Morgan fingerprint density at radius 2 is 0.921 bits per heavy atom. The zero-order valence-corrected chi connectivity index (χ0v) is 36.0. The average Bonchev–Trinajstić information content (AvgIpc) is 4.02. The molecular formula is C62H47N. The smallest absolute Gasteiger partial charge is 0.0543 e. The Kier molecular flexibility index (Phi) is 7.60. The number of para-hydroxylation sites is 1. The quantitative estimate of drug-likeness (QED) is 0.167. The summed E-state index contributed by atoms with van der Waals surface area (Å²) in [4.78, 5) is 2.62. The predicted octanol–water partition coefficient (Wildman–Crippen LogP) is 15.7. The molecule has 0 radical (unpaired) electrons. The standard InChI is InChI=1S/C62H47N/c1-60(2)51-29-13-8-23-44(51)47-26-17-27-48(59(47)60)46-24-11-16-33-56(46)63(57-34-18-32-54-58(57)49-25-10-14-30-52(49)61(54,3)41-20-5-4-6-21-41)42-35-36-45-43-22-9-15-31-53(43)62(55(45)39-42)38-37-40-19-7-12-28-50(40)62/h4-36,39H,37-38H2,1-3H3. The van der Waals surface area contributed by atoms with Gasteiger partial charge in [0, 0.05) is 33.1 Å². The highest BCUT2D eigenvalue weighted by atomic mass is 15.1. The lowest BCUT2D eigenvalue weighted by molar-refractivity contribution is 0.626. The largest absolute Gasteiger partial charge is 0.309 e. The molecule has 0 N–H and O–H groups in total. The SMILES string of the molecule is CC1(C)c2ccccc2-c2cccc(-c3ccccc3N(c3ccc4c(c3)C3(CCc5ccccc53)c3ccccc3-4)c3cccc4c3-c3ccccc3C4(C)c3ccccc3)c21. The molecule has 0 aromatic heterocycles. The van der Waals surface area contributed by atoms with E-state index in [2.05, 4.69) is 232 Å². The maximum absolute atomic E-state index is 2.62. The first kappa shape index (κ1) is 36.4. The molecule has 4 aliphatic rings. The molecule has 0 saturated carbocycles. The first-order valence-electron chi connectivity index (χ1n) is 22.7. The van der Waals surface area contributed by atoms with Gasteiger partial charge in [-0.1, -0.05) is 196 Å². The van der Waals surface area contributed by atoms with Gasteiger partial charge in [-0.15, -0.1) is 0 Å². The summed E-state index contributed by atoms with van der Waals surface area (Å²) in [5.74, 6) is 0. The van der Waals surface area contributed by atoms with E-state index in [4.69, 9.17) is 0 Å². The lowest BCUT2D eigenvalue weighted by Gasteiger charge is -2.34. The number of benzene rings is 9. The van der Waals surface area contributed by atoms with Crippen LogP contribution in [0.1, 0.15) is 77.3 Å². The average molecular weight is 806 g/mol. The van der Waals surface area contributed by atoms with Crippen molar-refractivity contribution in [3.8, 4) is 44.5 Å². The zero-order valence-electron chi connectivity index (χ0n) is 36.0. The second kappa shape index (κ2) is 13.1. The van der Waals surface area contributed by atoms with Gasteiger partial charge in [0.1, 0.15) is 0 Å². The highest BCUT2D eigenvalue weighted by Gasteiger charge is 2.49. The lowest BCUT2D eigenvalue weighted by atomic mass is 9.73. The monoisotopic (exact) mass is 805 g/mol. The number of fused-ring (bicyclic) bond motifs is 13. The van der Waals surface area contributed by atoms with Gasteiger partial charge in [-0.25, -0.2) is 0 Å². The van der Waals surface area contributed by atoms with E-state index in [1.165, 1.54) is 112 Å². The summed E-state index contributed by atoms with van der Waals surface area (Å²) in [5.41, 5.74) is 25.8. The highest BCUT2D eigenvalue weighted by molar-refractivity contribution is 6.01. The van der Waals surface area contributed by atoms with Gasteiger partial charge in [-0.05, 0) is 127 Å². The second-order valence-corrected chi connectivity index (χ2v) is 18.8. The molecule has 0 fully saturated rings. The molecule has 13 rings (SSSR count).